The molecule has 7 nitrogen and oxygen atoms in total. The quantitative estimate of drug-likeness (QED) is 0.838. The van der Waals surface area contributed by atoms with Crippen LogP contribution in [0.15, 0.2) is 12.4 Å². The second kappa shape index (κ2) is 6.77. The second-order valence-corrected chi connectivity index (χ2v) is 4.71. The molecular weight excluding hydrogens is 248 g/mol. The summed E-state index contributed by atoms with van der Waals surface area (Å²) in [4.78, 5) is 23.3. The lowest BCUT2D eigenvalue weighted by Crippen LogP contribution is -2.44. The fourth-order valence-corrected chi connectivity index (χ4v) is 1.62. The SMILES string of the molecule is COC(=O)N[C@@H](CC(C)C)C(=O)Nc1cnn(C)c1. The van der Waals surface area contributed by atoms with Gasteiger partial charge < -0.3 is 15.4 Å². The minimum Gasteiger partial charge on any atom is -0.453 e. The van der Waals surface area contributed by atoms with Crippen molar-refractivity contribution in [3.8, 4) is 0 Å². The van der Waals surface area contributed by atoms with Crippen molar-refractivity contribution in [2.45, 2.75) is 26.3 Å². The third kappa shape index (κ3) is 4.99. The van der Waals surface area contributed by atoms with Crippen molar-refractivity contribution in [2.75, 3.05) is 12.4 Å². The zero-order chi connectivity index (χ0) is 14.4. The molecule has 2 N–H and O–H groups in total. The summed E-state index contributed by atoms with van der Waals surface area (Å²) in [5.41, 5.74) is 0.591. The van der Waals surface area contributed by atoms with Gasteiger partial charge in [0, 0.05) is 13.2 Å². The van der Waals surface area contributed by atoms with Crippen LogP contribution in [0.3, 0.4) is 0 Å². The van der Waals surface area contributed by atoms with E-state index in [0.29, 0.717) is 12.1 Å². The van der Waals surface area contributed by atoms with Crippen LogP contribution in [-0.2, 0) is 16.6 Å². The smallest absolute Gasteiger partial charge is 0.407 e. The van der Waals surface area contributed by atoms with Crippen LogP contribution in [0.4, 0.5) is 10.5 Å². The fraction of sp³-hybridized carbons (Fsp3) is 0.583. The molecular formula is C12H20N4O3. The van der Waals surface area contributed by atoms with Gasteiger partial charge in [-0.25, -0.2) is 4.79 Å². The number of nitrogens with one attached hydrogen (secondary N) is 2. The lowest BCUT2D eigenvalue weighted by molar-refractivity contribution is -0.118. The minimum atomic E-state index is -0.632. The van der Waals surface area contributed by atoms with Gasteiger partial charge in [0.2, 0.25) is 5.91 Å². The number of carbonyl (C=O) groups is 2. The predicted molar refractivity (Wildman–Crippen MR) is 70.6 cm³/mol. The van der Waals surface area contributed by atoms with Crippen molar-refractivity contribution in [3.63, 3.8) is 0 Å². The number of anilines is 1. The second-order valence-electron chi connectivity index (χ2n) is 4.71. The number of methoxy groups -OCH3 is 1. The van der Waals surface area contributed by atoms with Crippen molar-refractivity contribution >= 4 is 17.7 Å². The maximum absolute atomic E-state index is 12.1. The molecule has 0 saturated carbocycles. The molecule has 0 aromatic carbocycles. The molecule has 0 aliphatic rings. The first-order chi connectivity index (χ1) is 8.92. The summed E-state index contributed by atoms with van der Waals surface area (Å²) >= 11 is 0. The van der Waals surface area contributed by atoms with Gasteiger partial charge in [0.15, 0.2) is 0 Å². The third-order valence-corrected chi connectivity index (χ3v) is 2.47. The Labute approximate surface area is 112 Å². The van der Waals surface area contributed by atoms with Crippen molar-refractivity contribution < 1.29 is 14.3 Å². The first-order valence-electron chi connectivity index (χ1n) is 6.06. The molecule has 1 rings (SSSR count). The zero-order valence-corrected chi connectivity index (χ0v) is 11.6. The first-order valence-corrected chi connectivity index (χ1v) is 6.06. The highest BCUT2D eigenvalue weighted by Gasteiger charge is 2.22. The number of aryl methyl sites for hydroxylation is 1. The Morgan fingerprint density at radius 3 is 2.63 bits per heavy atom. The fourth-order valence-electron chi connectivity index (χ4n) is 1.62. The lowest BCUT2D eigenvalue weighted by atomic mass is 10.0. The van der Waals surface area contributed by atoms with Crippen LogP contribution >= 0.6 is 0 Å². The Kier molecular flexibility index (Phi) is 5.35. The molecule has 0 unspecified atom stereocenters. The molecule has 0 fully saturated rings. The standard InChI is InChI=1S/C12H20N4O3/c1-8(2)5-10(15-12(18)19-4)11(17)14-9-6-13-16(3)7-9/h6-8,10H,5H2,1-4H3,(H,14,17)(H,15,18)/t10-/m0/s1. The van der Waals surface area contributed by atoms with Gasteiger partial charge in [0.05, 0.1) is 19.0 Å². The number of nitrogens with zero attached hydrogens (tertiary/aromatic N) is 2. The highest BCUT2D eigenvalue weighted by Crippen LogP contribution is 2.09. The Bertz CT molecular complexity index is 442. The van der Waals surface area contributed by atoms with E-state index >= 15 is 0 Å². The predicted octanol–water partition coefficient (Wildman–Crippen LogP) is 1.13. The molecule has 0 saturated heterocycles. The number of ether oxygens (including phenoxy) is 1. The lowest BCUT2D eigenvalue weighted by Gasteiger charge is -2.18. The molecule has 0 radical (unpaired) electrons. The Morgan fingerprint density at radius 2 is 2.16 bits per heavy atom. The molecule has 1 atom stereocenters. The average Bonchev–Trinajstić information content (AvgIpc) is 2.73. The zero-order valence-electron chi connectivity index (χ0n) is 11.6. The molecule has 1 heterocycles. The van der Waals surface area contributed by atoms with E-state index in [0.717, 1.165) is 0 Å². The summed E-state index contributed by atoms with van der Waals surface area (Å²) in [6.45, 7) is 3.95. The highest BCUT2D eigenvalue weighted by molar-refractivity contribution is 5.96. The number of alkyl carbamates (subject to hydrolysis) is 1. The molecule has 1 aromatic heterocycles. The number of carbonyl (C=O) groups excluding carboxylic acids is 2. The average molecular weight is 268 g/mol. The van der Waals surface area contributed by atoms with Crippen molar-refractivity contribution in [1.82, 2.24) is 15.1 Å². The summed E-state index contributed by atoms with van der Waals surface area (Å²) in [7, 11) is 3.02. The summed E-state index contributed by atoms with van der Waals surface area (Å²) in [5, 5.41) is 9.19. The van der Waals surface area contributed by atoms with E-state index in [2.05, 4.69) is 20.5 Å². The molecule has 0 spiro atoms. The molecule has 19 heavy (non-hydrogen) atoms. The monoisotopic (exact) mass is 268 g/mol. The summed E-state index contributed by atoms with van der Waals surface area (Å²) in [6, 6.07) is -0.632. The number of rotatable bonds is 5. The summed E-state index contributed by atoms with van der Waals surface area (Å²) < 4.78 is 6.10. The molecule has 106 valence electrons. The van der Waals surface area contributed by atoms with Crippen LogP contribution in [0.5, 0.6) is 0 Å². The molecule has 0 bridgehead atoms. The molecule has 2 amide bonds. The van der Waals surface area contributed by atoms with E-state index in [4.69, 9.17) is 0 Å². The van der Waals surface area contributed by atoms with Gasteiger partial charge >= 0.3 is 6.09 Å². The van der Waals surface area contributed by atoms with Crippen LogP contribution in [0.2, 0.25) is 0 Å². The first kappa shape index (κ1) is 15.0. The van der Waals surface area contributed by atoms with Crippen LogP contribution in [0.25, 0.3) is 0 Å². The molecule has 0 aliphatic heterocycles. The highest BCUT2D eigenvalue weighted by atomic mass is 16.5. The summed E-state index contributed by atoms with van der Waals surface area (Å²) in [6.07, 6.45) is 3.14. The van der Waals surface area contributed by atoms with Gasteiger partial charge in [0.25, 0.3) is 0 Å². The van der Waals surface area contributed by atoms with Gasteiger partial charge in [-0.1, -0.05) is 13.8 Å². The summed E-state index contributed by atoms with van der Waals surface area (Å²) in [5.74, 6) is -0.0195. The van der Waals surface area contributed by atoms with Crippen molar-refractivity contribution in [2.24, 2.45) is 13.0 Å². The number of hydrogen-bond donors (Lipinski definition) is 2. The minimum absolute atomic E-state index is 0.266. The molecule has 1 aromatic rings. The molecule has 7 heteroatoms. The number of aromatic nitrogens is 2. The Hall–Kier alpha value is -2.05. The largest absolute Gasteiger partial charge is 0.453 e. The number of hydrogen-bond acceptors (Lipinski definition) is 4. The van der Waals surface area contributed by atoms with Crippen LogP contribution < -0.4 is 10.6 Å². The van der Waals surface area contributed by atoms with Gasteiger partial charge in [-0.3, -0.25) is 9.48 Å². The maximum Gasteiger partial charge on any atom is 0.407 e. The van der Waals surface area contributed by atoms with E-state index < -0.39 is 12.1 Å². The topological polar surface area (TPSA) is 85.2 Å². The Morgan fingerprint density at radius 1 is 1.47 bits per heavy atom. The van der Waals surface area contributed by atoms with E-state index in [1.54, 1.807) is 24.1 Å². The molecule has 0 aliphatic carbocycles. The van der Waals surface area contributed by atoms with E-state index in [-0.39, 0.29) is 11.8 Å². The van der Waals surface area contributed by atoms with Gasteiger partial charge in [-0.2, -0.15) is 5.10 Å². The van der Waals surface area contributed by atoms with Gasteiger partial charge in [-0.15, -0.1) is 0 Å². The van der Waals surface area contributed by atoms with Gasteiger partial charge in [0.1, 0.15) is 6.04 Å². The van der Waals surface area contributed by atoms with E-state index in [9.17, 15) is 9.59 Å². The van der Waals surface area contributed by atoms with Gasteiger partial charge in [-0.05, 0) is 12.3 Å². The normalized spacial score (nSPS) is 12.1. The van der Waals surface area contributed by atoms with E-state index in [1.807, 2.05) is 13.8 Å². The van der Waals surface area contributed by atoms with Crippen LogP contribution in [0, 0.1) is 5.92 Å². The third-order valence-electron chi connectivity index (χ3n) is 2.47. The maximum atomic E-state index is 12.1. The van der Waals surface area contributed by atoms with Crippen LogP contribution in [0.1, 0.15) is 20.3 Å². The number of amides is 2. The Balaban J connectivity index is 2.67. The van der Waals surface area contributed by atoms with Crippen molar-refractivity contribution in [3.05, 3.63) is 12.4 Å². The van der Waals surface area contributed by atoms with Crippen molar-refractivity contribution in [1.29, 1.82) is 0 Å². The van der Waals surface area contributed by atoms with E-state index in [1.165, 1.54) is 7.11 Å². The van der Waals surface area contributed by atoms with Crippen LogP contribution in [-0.4, -0.2) is 34.9 Å².